The van der Waals surface area contributed by atoms with Crippen LogP contribution in [0.25, 0.3) is 0 Å². The molecule has 0 aliphatic rings. The van der Waals surface area contributed by atoms with E-state index in [1.165, 1.54) is 205 Å². The van der Waals surface area contributed by atoms with Crippen molar-refractivity contribution in [3.8, 4) is 0 Å². The maximum Gasteiger partial charge on any atom is 0.306 e. The first-order valence-corrected chi connectivity index (χ1v) is 28.3. The molecule has 0 heterocycles. The standard InChI is InChI=1S/C58H108O6/c1-4-7-10-13-16-19-22-25-27-28-29-30-31-34-36-39-42-45-48-51-57(60)63-54-55(53-62-56(59)50-47-44-41-38-35-32-24-21-18-15-12-9-6-3)64-58(61)52-49-46-43-40-37-33-26-23-20-17-14-11-8-5-2/h16,19,25,27,55H,4-15,17-18,20-24,26,28-54H2,1-3H3/b19-16-,27-25-. The van der Waals surface area contributed by atoms with Gasteiger partial charge in [-0.05, 0) is 51.4 Å². The van der Waals surface area contributed by atoms with E-state index < -0.39 is 6.10 Å². The zero-order chi connectivity index (χ0) is 46.5. The van der Waals surface area contributed by atoms with Crippen molar-refractivity contribution in [3.05, 3.63) is 24.3 Å². The Bertz CT molecular complexity index is 1040. The van der Waals surface area contributed by atoms with Crippen LogP contribution in [0, 0.1) is 0 Å². The molecular weight excluding hydrogens is 793 g/mol. The largest absolute Gasteiger partial charge is 0.462 e. The van der Waals surface area contributed by atoms with Gasteiger partial charge in [0.2, 0.25) is 0 Å². The fourth-order valence-electron chi connectivity index (χ4n) is 8.42. The van der Waals surface area contributed by atoms with Crippen LogP contribution < -0.4 is 0 Å². The Kier molecular flexibility index (Phi) is 51.7. The molecule has 1 atom stereocenters. The summed E-state index contributed by atoms with van der Waals surface area (Å²) in [6.07, 6.45) is 61.6. The van der Waals surface area contributed by atoms with Crippen molar-refractivity contribution in [1.82, 2.24) is 0 Å². The third-order valence-corrected chi connectivity index (χ3v) is 12.7. The van der Waals surface area contributed by atoms with E-state index in [4.69, 9.17) is 14.2 Å². The van der Waals surface area contributed by atoms with Gasteiger partial charge in [0.25, 0.3) is 0 Å². The van der Waals surface area contributed by atoms with Crippen molar-refractivity contribution in [2.75, 3.05) is 13.2 Å². The lowest BCUT2D eigenvalue weighted by Gasteiger charge is -2.18. The van der Waals surface area contributed by atoms with Gasteiger partial charge in [0.05, 0.1) is 0 Å². The average molecular weight is 901 g/mol. The van der Waals surface area contributed by atoms with Gasteiger partial charge >= 0.3 is 17.9 Å². The summed E-state index contributed by atoms with van der Waals surface area (Å²) in [4.78, 5) is 38.1. The second-order valence-electron chi connectivity index (χ2n) is 19.2. The number of hydrogen-bond acceptors (Lipinski definition) is 6. The van der Waals surface area contributed by atoms with Crippen LogP contribution >= 0.6 is 0 Å². The minimum atomic E-state index is -0.767. The Balaban J connectivity index is 4.30. The number of ether oxygens (including phenoxy) is 3. The molecule has 0 saturated carbocycles. The number of rotatable bonds is 52. The molecule has 0 rings (SSSR count). The van der Waals surface area contributed by atoms with E-state index in [1.807, 2.05) is 0 Å². The first kappa shape index (κ1) is 61.9. The van der Waals surface area contributed by atoms with Gasteiger partial charge in [-0.15, -0.1) is 0 Å². The number of esters is 3. The molecule has 376 valence electrons. The van der Waals surface area contributed by atoms with Crippen LogP contribution in [0.15, 0.2) is 24.3 Å². The van der Waals surface area contributed by atoms with E-state index in [1.54, 1.807) is 0 Å². The smallest absolute Gasteiger partial charge is 0.306 e. The molecule has 0 aliphatic heterocycles. The second-order valence-corrected chi connectivity index (χ2v) is 19.2. The SMILES string of the molecule is CCCCC/C=C\C/C=C\CCCCCCCCCCCC(=O)OCC(COC(=O)CCCCCCCCCCCCCCC)OC(=O)CCCCCCCCCCCCCCCC. The minimum absolute atomic E-state index is 0.0669. The lowest BCUT2D eigenvalue weighted by atomic mass is 10.0. The van der Waals surface area contributed by atoms with Crippen LogP contribution in [-0.4, -0.2) is 37.2 Å². The summed E-state index contributed by atoms with van der Waals surface area (Å²) in [5.74, 6) is -0.851. The number of allylic oxidation sites excluding steroid dienone is 4. The Labute approximate surface area is 398 Å². The van der Waals surface area contributed by atoms with Gasteiger partial charge in [-0.25, -0.2) is 0 Å². The van der Waals surface area contributed by atoms with Crippen LogP contribution in [0.2, 0.25) is 0 Å². The Morgan fingerprint density at radius 1 is 0.312 bits per heavy atom. The lowest BCUT2D eigenvalue weighted by molar-refractivity contribution is -0.167. The first-order chi connectivity index (χ1) is 31.5. The molecule has 0 N–H and O–H groups in total. The Morgan fingerprint density at radius 2 is 0.562 bits per heavy atom. The molecule has 0 bridgehead atoms. The van der Waals surface area contributed by atoms with E-state index in [9.17, 15) is 14.4 Å². The number of carbonyl (C=O) groups excluding carboxylic acids is 3. The predicted octanol–water partition coefficient (Wildman–Crippen LogP) is 18.7. The van der Waals surface area contributed by atoms with Crippen LogP contribution in [0.1, 0.15) is 310 Å². The molecule has 0 aromatic carbocycles. The fourth-order valence-corrected chi connectivity index (χ4v) is 8.42. The molecule has 0 fully saturated rings. The van der Waals surface area contributed by atoms with E-state index >= 15 is 0 Å². The summed E-state index contributed by atoms with van der Waals surface area (Å²) in [6.45, 7) is 6.65. The minimum Gasteiger partial charge on any atom is -0.462 e. The average Bonchev–Trinajstić information content (AvgIpc) is 3.29. The highest BCUT2D eigenvalue weighted by Gasteiger charge is 2.19. The molecular formula is C58H108O6. The predicted molar refractivity (Wildman–Crippen MR) is 275 cm³/mol. The monoisotopic (exact) mass is 901 g/mol. The van der Waals surface area contributed by atoms with Gasteiger partial charge in [0, 0.05) is 19.3 Å². The van der Waals surface area contributed by atoms with E-state index in [-0.39, 0.29) is 31.1 Å². The van der Waals surface area contributed by atoms with Crippen molar-refractivity contribution in [3.63, 3.8) is 0 Å². The summed E-state index contributed by atoms with van der Waals surface area (Å²) >= 11 is 0. The first-order valence-electron chi connectivity index (χ1n) is 28.3. The maximum atomic E-state index is 12.8. The van der Waals surface area contributed by atoms with Crippen LogP contribution in [0.3, 0.4) is 0 Å². The number of hydrogen-bond donors (Lipinski definition) is 0. The Hall–Kier alpha value is -2.11. The molecule has 64 heavy (non-hydrogen) atoms. The Morgan fingerprint density at radius 3 is 0.891 bits per heavy atom. The van der Waals surface area contributed by atoms with Gasteiger partial charge in [-0.3, -0.25) is 14.4 Å². The van der Waals surface area contributed by atoms with Gasteiger partial charge in [-0.1, -0.05) is 263 Å². The van der Waals surface area contributed by atoms with Gasteiger partial charge in [-0.2, -0.15) is 0 Å². The topological polar surface area (TPSA) is 78.9 Å². The quantitative estimate of drug-likeness (QED) is 0.0262. The third-order valence-electron chi connectivity index (χ3n) is 12.7. The summed E-state index contributed by atoms with van der Waals surface area (Å²) < 4.78 is 16.9. The molecule has 0 aromatic rings. The van der Waals surface area contributed by atoms with Crippen molar-refractivity contribution >= 4 is 17.9 Å². The van der Waals surface area contributed by atoms with Crippen LogP contribution in [-0.2, 0) is 28.6 Å². The zero-order valence-electron chi connectivity index (χ0n) is 43.1. The molecule has 6 heteroatoms. The highest BCUT2D eigenvalue weighted by molar-refractivity contribution is 5.71. The van der Waals surface area contributed by atoms with E-state index in [0.717, 1.165) is 64.2 Å². The molecule has 0 saturated heterocycles. The van der Waals surface area contributed by atoms with Crippen LogP contribution in [0.5, 0.6) is 0 Å². The van der Waals surface area contributed by atoms with Crippen molar-refractivity contribution < 1.29 is 28.6 Å². The van der Waals surface area contributed by atoms with Crippen LogP contribution in [0.4, 0.5) is 0 Å². The third kappa shape index (κ3) is 50.9. The number of carbonyl (C=O) groups is 3. The summed E-state index contributed by atoms with van der Waals surface area (Å²) in [6, 6.07) is 0. The molecule has 0 radical (unpaired) electrons. The van der Waals surface area contributed by atoms with Crippen molar-refractivity contribution in [2.24, 2.45) is 0 Å². The zero-order valence-corrected chi connectivity index (χ0v) is 43.1. The lowest BCUT2D eigenvalue weighted by Crippen LogP contribution is -2.30. The van der Waals surface area contributed by atoms with Crippen molar-refractivity contribution in [2.45, 2.75) is 316 Å². The molecule has 1 unspecified atom stereocenters. The highest BCUT2D eigenvalue weighted by atomic mass is 16.6. The van der Waals surface area contributed by atoms with Gasteiger partial charge in [0.1, 0.15) is 13.2 Å². The second kappa shape index (κ2) is 53.5. The molecule has 0 aromatic heterocycles. The summed E-state index contributed by atoms with van der Waals surface area (Å²) in [5.41, 5.74) is 0. The molecule has 6 nitrogen and oxygen atoms in total. The van der Waals surface area contributed by atoms with Gasteiger partial charge in [0.15, 0.2) is 6.10 Å². The fraction of sp³-hybridized carbons (Fsp3) is 0.879. The van der Waals surface area contributed by atoms with Crippen molar-refractivity contribution in [1.29, 1.82) is 0 Å². The molecule has 0 spiro atoms. The number of unbranched alkanes of at least 4 members (excludes halogenated alkanes) is 37. The van der Waals surface area contributed by atoms with E-state index in [2.05, 4.69) is 45.1 Å². The molecule has 0 aliphatic carbocycles. The summed E-state index contributed by atoms with van der Waals surface area (Å²) in [7, 11) is 0. The maximum absolute atomic E-state index is 12.8. The molecule has 0 amide bonds. The summed E-state index contributed by atoms with van der Waals surface area (Å²) in [5, 5.41) is 0. The normalized spacial score (nSPS) is 12.1. The highest BCUT2D eigenvalue weighted by Crippen LogP contribution is 2.17. The van der Waals surface area contributed by atoms with Gasteiger partial charge < -0.3 is 14.2 Å². The van der Waals surface area contributed by atoms with E-state index in [0.29, 0.717) is 19.3 Å².